The Balaban J connectivity index is 2.14. The van der Waals surface area contributed by atoms with Crippen LogP contribution in [0.3, 0.4) is 0 Å². The van der Waals surface area contributed by atoms with E-state index in [1.54, 1.807) is 7.11 Å². The second-order valence-electron chi connectivity index (χ2n) is 4.62. The van der Waals surface area contributed by atoms with Gasteiger partial charge in [0.25, 0.3) is 0 Å². The first kappa shape index (κ1) is 15.0. The van der Waals surface area contributed by atoms with Gasteiger partial charge in [-0.15, -0.1) is 11.6 Å². The topological polar surface area (TPSA) is 12.5 Å². The van der Waals surface area contributed by atoms with E-state index in [1.807, 2.05) is 43.4 Å². The molecule has 0 spiro atoms. The highest BCUT2D eigenvalue weighted by Gasteiger charge is 2.06. The standard InChI is InChI=1S/C16H17Cl2NO/c1-19(11-12-4-3-5-15(8-12)20-2)14-7-6-13(10-17)16(18)9-14/h3-9H,10-11H2,1-2H3. The van der Waals surface area contributed by atoms with Crippen molar-refractivity contribution in [3.05, 3.63) is 58.6 Å². The molecule has 2 aromatic rings. The second-order valence-corrected chi connectivity index (χ2v) is 5.29. The summed E-state index contributed by atoms with van der Waals surface area (Å²) < 4.78 is 5.24. The Hall–Kier alpha value is -1.38. The van der Waals surface area contributed by atoms with Crippen molar-refractivity contribution in [2.45, 2.75) is 12.4 Å². The van der Waals surface area contributed by atoms with Gasteiger partial charge in [-0.25, -0.2) is 0 Å². The highest BCUT2D eigenvalue weighted by atomic mass is 35.5. The number of hydrogen-bond donors (Lipinski definition) is 0. The molecule has 0 N–H and O–H groups in total. The van der Waals surface area contributed by atoms with E-state index in [1.165, 1.54) is 5.56 Å². The Labute approximate surface area is 129 Å². The van der Waals surface area contributed by atoms with Gasteiger partial charge in [0.05, 0.1) is 7.11 Å². The zero-order chi connectivity index (χ0) is 14.5. The van der Waals surface area contributed by atoms with Gasteiger partial charge in [-0.2, -0.15) is 0 Å². The van der Waals surface area contributed by atoms with Gasteiger partial charge in [0.2, 0.25) is 0 Å². The maximum Gasteiger partial charge on any atom is 0.119 e. The minimum Gasteiger partial charge on any atom is -0.497 e. The fraction of sp³-hybridized carbons (Fsp3) is 0.250. The molecule has 0 aromatic heterocycles. The van der Waals surface area contributed by atoms with Crippen molar-refractivity contribution >= 4 is 28.9 Å². The molecule has 0 aliphatic carbocycles. The number of anilines is 1. The maximum atomic E-state index is 6.19. The van der Waals surface area contributed by atoms with E-state index in [9.17, 15) is 0 Å². The van der Waals surface area contributed by atoms with Crippen LogP contribution in [0.25, 0.3) is 0 Å². The van der Waals surface area contributed by atoms with Crippen LogP contribution < -0.4 is 9.64 Å². The quantitative estimate of drug-likeness (QED) is 0.741. The molecule has 0 saturated carbocycles. The third-order valence-corrected chi connectivity index (χ3v) is 3.82. The van der Waals surface area contributed by atoms with Crippen molar-refractivity contribution in [2.24, 2.45) is 0 Å². The molecule has 0 aliphatic rings. The van der Waals surface area contributed by atoms with Gasteiger partial charge in [0.1, 0.15) is 5.75 Å². The Morgan fingerprint density at radius 2 is 1.95 bits per heavy atom. The molecule has 4 heteroatoms. The lowest BCUT2D eigenvalue weighted by molar-refractivity contribution is 0.414. The largest absolute Gasteiger partial charge is 0.497 e. The van der Waals surface area contributed by atoms with Crippen LogP contribution in [0.1, 0.15) is 11.1 Å². The molecule has 0 aliphatic heterocycles. The van der Waals surface area contributed by atoms with E-state index in [0.29, 0.717) is 10.9 Å². The lowest BCUT2D eigenvalue weighted by atomic mass is 10.1. The Morgan fingerprint density at radius 1 is 1.15 bits per heavy atom. The first-order valence-corrected chi connectivity index (χ1v) is 7.23. The minimum absolute atomic E-state index is 0.429. The van der Waals surface area contributed by atoms with Gasteiger partial charge in [0.15, 0.2) is 0 Å². The van der Waals surface area contributed by atoms with Gasteiger partial charge in [-0.05, 0) is 35.4 Å². The predicted octanol–water partition coefficient (Wildman–Crippen LogP) is 4.72. The minimum atomic E-state index is 0.429. The summed E-state index contributed by atoms with van der Waals surface area (Å²) in [6, 6.07) is 14.0. The first-order chi connectivity index (χ1) is 9.63. The number of ether oxygens (including phenoxy) is 1. The lowest BCUT2D eigenvalue weighted by Gasteiger charge is -2.20. The predicted molar refractivity (Wildman–Crippen MR) is 86.1 cm³/mol. The van der Waals surface area contributed by atoms with Crippen molar-refractivity contribution < 1.29 is 4.74 Å². The molecule has 0 bridgehead atoms. The highest BCUT2D eigenvalue weighted by Crippen LogP contribution is 2.25. The summed E-state index contributed by atoms with van der Waals surface area (Å²) in [5, 5.41) is 0.704. The Morgan fingerprint density at radius 3 is 2.60 bits per heavy atom. The third kappa shape index (κ3) is 3.59. The summed E-state index contributed by atoms with van der Waals surface area (Å²) in [4.78, 5) is 2.14. The van der Waals surface area contributed by atoms with Crippen molar-refractivity contribution in [2.75, 3.05) is 19.1 Å². The molecule has 0 heterocycles. The number of nitrogens with zero attached hydrogens (tertiary/aromatic N) is 1. The van der Waals surface area contributed by atoms with Crippen LogP contribution in [0.4, 0.5) is 5.69 Å². The molecule has 2 aromatic carbocycles. The summed E-state index contributed by atoms with van der Waals surface area (Å²) in [6.45, 7) is 0.785. The van der Waals surface area contributed by atoms with Crippen LogP contribution in [-0.4, -0.2) is 14.2 Å². The van der Waals surface area contributed by atoms with Gasteiger partial charge < -0.3 is 9.64 Å². The smallest absolute Gasteiger partial charge is 0.119 e. The van der Waals surface area contributed by atoms with Crippen LogP contribution in [0.15, 0.2) is 42.5 Å². The molecule has 0 unspecified atom stereocenters. The number of benzene rings is 2. The summed E-state index contributed by atoms with van der Waals surface area (Å²) in [6.07, 6.45) is 0. The second kappa shape index (κ2) is 6.87. The third-order valence-electron chi connectivity index (χ3n) is 3.18. The van der Waals surface area contributed by atoms with E-state index < -0.39 is 0 Å². The SMILES string of the molecule is COc1cccc(CN(C)c2ccc(CCl)c(Cl)c2)c1. The molecule has 0 saturated heterocycles. The normalized spacial score (nSPS) is 10.4. The fourth-order valence-corrected chi connectivity index (χ4v) is 2.56. The lowest BCUT2D eigenvalue weighted by Crippen LogP contribution is -2.16. The number of rotatable bonds is 5. The zero-order valence-electron chi connectivity index (χ0n) is 11.6. The molecule has 2 nitrogen and oxygen atoms in total. The van der Waals surface area contributed by atoms with Gasteiger partial charge >= 0.3 is 0 Å². The van der Waals surface area contributed by atoms with Crippen molar-refractivity contribution in [3.63, 3.8) is 0 Å². The van der Waals surface area contributed by atoms with E-state index >= 15 is 0 Å². The average Bonchev–Trinajstić information content (AvgIpc) is 2.47. The molecule has 0 radical (unpaired) electrons. The number of halogens is 2. The molecule has 20 heavy (non-hydrogen) atoms. The van der Waals surface area contributed by atoms with Crippen molar-refractivity contribution in [3.8, 4) is 5.75 Å². The summed E-state index contributed by atoms with van der Waals surface area (Å²) in [5.74, 6) is 1.30. The Kier molecular flexibility index (Phi) is 5.16. The van der Waals surface area contributed by atoms with Crippen LogP contribution in [-0.2, 0) is 12.4 Å². The van der Waals surface area contributed by atoms with Crippen LogP contribution in [0.2, 0.25) is 5.02 Å². The van der Waals surface area contributed by atoms with Crippen LogP contribution in [0.5, 0.6) is 5.75 Å². The fourth-order valence-electron chi connectivity index (χ4n) is 2.02. The number of hydrogen-bond acceptors (Lipinski definition) is 2. The molecule has 0 fully saturated rings. The first-order valence-electron chi connectivity index (χ1n) is 6.32. The molecule has 0 amide bonds. The van der Waals surface area contributed by atoms with Crippen LogP contribution >= 0.6 is 23.2 Å². The molecular weight excluding hydrogens is 293 g/mol. The maximum absolute atomic E-state index is 6.19. The van der Waals surface area contributed by atoms with Gasteiger partial charge in [-0.3, -0.25) is 0 Å². The summed E-state index contributed by atoms with van der Waals surface area (Å²) in [7, 11) is 3.71. The molecule has 0 atom stereocenters. The van der Waals surface area contributed by atoms with Gasteiger partial charge in [0, 0.05) is 30.2 Å². The Bertz CT molecular complexity index is 586. The molecular formula is C16H17Cl2NO. The van der Waals surface area contributed by atoms with Crippen molar-refractivity contribution in [1.29, 1.82) is 0 Å². The summed E-state index contributed by atoms with van der Waals surface area (Å²) >= 11 is 12.0. The van der Waals surface area contributed by atoms with Crippen LogP contribution in [0, 0.1) is 0 Å². The number of alkyl halides is 1. The van der Waals surface area contributed by atoms with E-state index in [4.69, 9.17) is 27.9 Å². The monoisotopic (exact) mass is 309 g/mol. The summed E-state index contributed by atoms with van der Waals surface area (Å²) in [5.41, 5.74) is 3.20. The van der Waals surface area contributed by atoms with Crippen molar-refractivity contribution in [1.82, 2.24) is 0 Å². The van der Waals surface area contributed by atoms with Gasteiger partial charge in [-0.1, -0.05) is 29.8 Å². The molecule has 2 rings (SSSR count). The van der Waals surface area contributed by atoms with E-state index in [0.717, 1.165) is 23.5 Å². The highest BCUT2D eigenvalue weighted by molar-refractivity contribution is 6.32. The number of methoxy groups -OCH3 is 1. The molecule has 106 valence electrons. The average molecular weight is 310 g/mol. The van der Waals surface area contributed by atoms with E-state index in [2.05, 4.69) is 11.0 Å². The zero-order valence-corrected chi connectivity index (χ0v) is 13.1. The van der Waals surface area contributed by atoms with E-state index in [-0.39, 0.29) is 0 Å².